The number of aromatic nitrogens is 2. The number of nitrogens with one attached hydrogen (secondary N) is 1. The molecule has 0 aliphatic rings. The number of anilines is 1. The van der Waals surface area contributed by atoms with Gasteiger partial charge in [0.1, 0.15) is 0 Å². The molecule has 0 saturated heterocycles. The van der Waals surface area contributed by atoms with Crippen molar-refractivity contribution in [1.82, 2.24) is 14.7 Å². The van der Waals surface area contributed by atoms with Gasteiger partial charge in [-0.1, -0.05) is 25.5 Å². The van der Waals surface area contributed by atoms with Crippen molar-refractivity contribution in [1.29, 1.82) is 0 Å². The number of nitrogens with zero attached hydrogens (tertiary/aromatic N) is 3. The van der Waals surface area contributed by atoms with Crippen molar-refractivity contribution in [3.63, 3.8) is 0 Å². The summed E-state index contributed by atoms with van der Waals surface area (Å²) in [6.45, 7) is 7.11. The van der Waals surface area contributed by atoms with Crippen LogP contribution in [-0.2, 0) is 20.0 Å². The smallest absolute Gasteiger partial charge is 0.173 e. The Kier molecular flexibility index (Phi) is 6.37. The van der Waals surface area contributed by atoms with Gasteiger partial charge in [0, 0.05) is 37.6 Å². The first-order valence-electron chi connectivity index (χ1n) is 8.52. The maximum Gasteiger partial charge on any atom is 0.173 e. The van der Waals surface area contributed by atoms with E-state index in [1.54, 1.807) is 0 Å². The van der Waals surface area contributed by atoms with Crippen molar-refractivity contribution < 1.29 is 0 Å². The lowest BCUT2D eigenvalue weighted by Crippen LogP contribution is -2.30. The van der Waals surface area contributed by atoms with Crippen molar-refractivity contribution in [3.8, 4) is 0 Å². The van der Waals surface area contributed by atoms with Gasteiger partial charge < -0.3 is 10.2 Å². The Balaban J connectivity index is 1.96. The molecular formula is C19H28N4S. The summed E-state index contributed by atoms with van der Waals surface area (Å²) in [5, 5.41) is 8.51. The van der Waals surface area contributed by atoms with Gasteiger partial charge in [-0.3, -0.25) is 4.68 Å². The number of benzene rings is 1. The average Bonchev–Trinajstić information content (AvgIpc) is 2.80. The van der Waals surface area contributed by atoms with Gasteiger partial charge in [0.05, 0.1) is 5.69 Å². The van der Waals surface area contributed by atoms with Crippen LogP contribution in [0.1, 0.15) is 42.3 Å². The van der Waals surface area contributed by atoms with Crippen LogP contribution in [0.15, 0.2) is 24.3 Å². The Morgan fingerprint density at radius 1 is 1.25 bits per heavy atom. The molecule has 0 aliphatic carbocycles. The zero-order valence-electron chi connectivity index (χ0n) is 15.4. The molecule has 130 valence electrons. The van der Waals surface area contributed by atoms with Crippen LogP contribution in [-0.4, -0.2) is 26.8 Å². The fourth-order valence-corrected chi connectivity index (χ4v) is 2.89. The van der Waals surface area contributed by atoms with Crippen molar-refractivity contribution >= 4 is 23.0 Å². The minimum Gasteiger partial charge on any atom is -0.348 e. The molecule has 0 atom stereocenters. The standard InChI is InChI=1S/C19H28N4S/c1-6-7-8-16-9-11-17(12-10-16)20-19(24)22(4)13-18-14(2)21-23(5)15(18)3/h9-12H,6-8,13H2,1-5H3,(H,20,24). The first-order valence-corrected chi connectivity index (χ1v) is 8.93. The van der Waals surface area contributed by atoms with E-state index >= 15 is 0 Å². The molecule has 0 saturated carbocycles. The molecule has 0 fully saturated rings. The molecule has 0 bridgehead atoms. The highest BCUT2D eigenvalue weighted by Crippen LogP contribution is 2.16. The molecule has 2 rings (SSSR count). The Hall–Kier alpha value is -1.88. The van der Waals surface area contributed by atoms with Crippen LogP contribution >= 0.6 is 12.2 Å². The third-order valence-corrected chi connectivity index (χ3v) is 4.84. The summed E-state index contributed by atoms with van der Waals surface area (Å²) in [4.78, 5) is 2.05. The number of thiocarbonyl (C=S) groups is 1. The lowest BCUT2D eigenvalue weighted by Gasteiger charge is -2.21. The molecule has 1 N–H and O–H groups in total. The van der Waals surface area contributed by atoms with Gasteiger partial charge >= 0.3 is 0 Å². The van der Waals surface area contributed by atoms with Crippen LogP contribution in [0, 0.1) is 13.8 Å². The molecule has 2 aromatic rings. The molecule has 1 heterocycles. The number of rotatable bonds is 6. The van der Waals surface area contributed by atoms with E-state index in [1.165, 1.54) is 29.7 Å². The fraction of sp³-hybridized carbons (Fsp3) is 0.474. The molecule has 0 unspecified atom stereocenters. The molecule has 4 nitrogen and oxygen atoms in total. The topological polar surface area (TPSA) is 33.1 Å². The summed E-state index contributed by atoms with van der Waals surface area (Å²) in [7, 11) is 3.99. The Morgan fingerprint density at radius 3 is 2.46 bits per heavy atom. The number of aryl methyl sites for hydroxylation is 3. The van der Waals surface area contributed by atoms with Crippen LogP contribution in [0.4, 0.5) is 5.69 Å². The van der Waals surface area contributed by atoms with Gasteiger partial charge in [-0.15, -0.1) is 0 Å². The van der Waals surface area contributed by atoms with Crippen LogP contribution in [0.5, 0.6) is 0 Å². The molecule has 1 aromatic heterocycles. The first kappa shape index (κ1) is 18.5. The van der Waals surface area contributed by atoms with E-state index in [1.807, 2.05) is 25.7 Å². The summed E-state index contributed by atoms with van der Waals surface area (Å²) in [6.07, 6.45) is 3.60. The highest BCUT2D eigenvalue weighted by atomic mass is 32.1. The monoisotopic (exact) mass is 344 g/mol. The zero-order valence-corrected chi connectivity index (χ0v) is 16.2. The van der Waals surface area contributed by atoms with Crippen LogP contribution < -0.4 is 5.32 Å². The molecule has 0 radical (unpaired) electrons. The van der Waals surface area contributed by atoms with Crippen LogP contribution in [0.25, 0.3) is 0 Å². The van der Waals surface area contributed by atoms with E-state index in [9.17, 15) is 0 Å². The SMILES string of the molecule is CCCCc1ccc(NC(=S)N(C)Cc2c(C)nn(C)c2C)cc1. The van der Waals surface area contributed by atoms with Crippen molar-refractivity contribution in [2.75, 3.05) is 12.4 Å². The van der Waals surface area contributed by atoms with E-state index in [0.29, 0.717) is 0 Å². The van der Waals surface area contributed by atoms with E-state index in [-0.39, 0.29) is 0 Å². The minimum absolute atomic E-state index is 0.721. The maximum atomic E-state index is 5.54. The Labute approximate surface area is 150 Å². The predicted molar refractivity (Wildman–Crippen MR) is 105 cm³/mol. The van der Waals surface area contributed by atoms with Gasteiger partial charge in [0.15, 0.2) is 5.11 Å². The number of hydrogen-bond acceptors (Lipinski definition) is 2. The molecule has 0 spiro atoms. The van der Waals surface area contributed by atoms with Gasteiger partial charge in [-0.25, -0.2) is 0 Å². The lowest BCUT2D eigenvalue weighted by molar-refractivity contribution is 0.505. The van der Waals surface area contributed by atoms with E-state index in [0.717, 1.165) is 29.5 Å². The Morgan fingerprint density at radius 2 is 1.92 bits per heavy atom. The average molecular weight is 345 g/mol. The second-order valence-corrected chi connectivity index (χ2v) is 6.75. The second kappa shape index (κ2) is 8.29. The largest absolute Gasteiger partial charge is 0.348 e. The third-order valence-electron chi connectivity index (χ3n) is 4.43. The lowest BCUT2D eigenvalue weighted by atomic mass is 10.1. The summed E-state index contributed by atoms with van der Waals surface area (Å²) < 4.78 is 1.92. The summed E-state index contributed by atoms with van der Waals surface area (Å²) in [6, 6.07) is 8.56. The van der Waals surface area contributed by atoms with Crippen molar-refractivity contribution in [2.24, 2.45) is 7.05 Å². The van der Waals surface area contributed by atoms with E-state index in [4.69, 9.17) is 12.2 Å². The summed E-state index contributed by atoms with van der Waals surface area (Å²) >= 11 is 5.54. The van der Waals surface area contributed by atoms with Crippen LogP contribution in [0.2, 0.25) is 0 Å². The Bertz CT molecular complexity index is 688. The van der Waals surface area contributed by atoms with E-state index in [2.05, 4.69) is 53.4 Å². The van der Waals surface area contributed by atoms with Crippen LogP contribution in [0.3, 0.4) is 0 Å². The van der Waals surface area contributed by atoms with Gasteiger partial charge in [0.25, 0.3) is 0 Å². The van der Waals surface area contributed by atoms with Gasteiger partial charge in [-0.05, 0) is 56.6 Å². The molecule has 5 heteroatoms. The highest BCUT2D eigenvalue weighted by Gasteiger charge is 2.13. The number of hydrogen-bond donors (Lipinski definition) is 1. The fourth-order valence-electron chi connectivity index (χ4n) is 2.71. The second-order valence-electron chi connectivity index (χ2n) is 6.36. The summed E-state index contributed by atoms with van der Waals surface area (Å²) in [5.41, 5.74) is 5.89. The third kappa shape index (κ3) is 4.57. The maximum absolute atomic E-state index is 5.54. The molecule has 0 amide bonds. The van der Waals surface area contributed by atoms with E-state index < -0.39 is 0 Å². The van der Waals surface area contributed by atoms with Crippen molar-refractivity contribution in [3.05, 3.63) is 46.8 Å². The van der Waals surface area contributed by atoms with Gasteiger partial charge in [0.2, 0.25) is 0 Å². The number of unbranched alkanes of at least 4 members (excludes halogenated alkanes) is 1. The molecule has 1 aromatic carbocycles. The normalized spacial score (nSPS) is 10.7. The minimum atomic E-state index is 0.721. The van der Waals surface area contributed by atoms with Crippen molar-refractivity contribution in [2.45, 2.75) is 46.6 Å². The first-order chi connectivity index (χ1) is 11.4. The summed E-state index contributed by atoms with van der Waals surface area (Å²) in [5.74, 6) is 0. The quantitative estimate of drug-likeness (QED) is 0.796. The molecular weight excluding hydrogens is 316 g/mol. The van der Waals surface area contributed by atoms with Gasteiger partial charge in [-0.2, -0.15) is 5.10 Å². The molecule has 0 aliphatic heterocycles. The molecule has 24 heavy (non-hydrogen) atoms. The zero-order chi connectivity index (χ0) is 17.7. The predicted octanol–water partition coefficient (Wildman–Crippen LogP) is 4.21. The highest BCUT2D eigenvalue weighted by molar-refractivity contribution is 7.80.